The van der Waals surface area contributed by atoms with E-state index in [2.05, 4.69) is 12.2 Å². The third-order valence-corrected chi connectivity index (χ3v) is 4.35. The highest BCUT2D eigenvalue weighted by Gasteiger charge is 2.22. The van der Waals surface area contributed by atoms with Crippen molar-refractivity contribution < 1.29 is 4.39 Å². The number of thioether (sulfide) groups is 1. The van der Waals surface area contributed by atoms with Crippen LogP contribution in [0.5, 0.6) is 0 Å². The van der Waals surface area contributed by atoms with E-state index in [1.807, 2.05) is 6.07 Å². The van der Waals surface area contributed by atoms with Gasteiger partial charge in [0.25, 0.3) is 0 Å². The Morgan fingerprint density at radius 1 is 1.53 bits per heavy atom. The second kappa shape index (κ2) is 6.07. The van der Waals surface area contributed by atoms with Crippen molar-refractivity contribution >= 4 is 23.4 Å². The van der Waals surface area contributed by atoms with Crippen LogP contribution >= 0.6 is 23.4 Å². The fourth-order valence-corrected chi connectivity index (χ4v) is 3.36. The summed E-state index contributed by atoms with van der Waals surface area (Å²) in [5, 5.41) is 3.73. The van der Waals surface area contributed by atoms with E-state index in [1.54, 1.807) is 17.8 Å². The topological polar surface area (TPSA) is 12.0 Å². The van der Waals surface area contributed by atoms with Crippen LogP contribution in [0.1, 0.15) is 36.9 Å². The molecule has 1 nitrogen and oxygen atoms in total. The van der Waals surface area contributed by atoms with Gasteiger partial charge in [0, 0.05) is 17.4 Å². The summed E-state index contributed by atoms with van der Waals surface area (Å²) in [6.45, 7) is 3.11. The highest BCUT2D eigenvalue weighted by atomic mass is 35.5. The molecule has 17 heavy (non-hydrogen) atoms. The lowest BCUT2D eigenvalue weighted by Gasteiger charge is -2.19. The van der Waals surface area contributed by atoms with Gasteiger partial charge in [-0.05, 0) is 36.8 Å². The summed E-state index contributed by atoms with van der Waals surface area (Å²) >= 11 is 7.63. The monoisotopic (exact) mass is 273 g/mol. The lowest BCUT2D eigenvalue weighted by molar-refractivity contribution is 0.515. The zero-order valence-corrected chi connectivity index (χ0v) is 11.5. The SMILES string of the molecule is CCCNC1CCSCc2c1ccc(Cl)c2F. The molecule has 4 heteroatoms. The smallest absolute Gasteiger partial charge is 0.146 e. The quantitative estimate of drug-likeness (QED) is 0.888. The molecular weight excluding hydrogens is 257 g/mol. The minimum atomic E-state index is -0.234. The number of fused-ring (bicyclic) bond motifs is 1. The van der Waals surface area contributed by atoms with Crippen LogP contribution in [-0.4, -0.2) is 12.3 Å². The van der Waals surface area contributed by atoms with E-state index in [-0.39, 0.29) is 16.9 Å². The minimum Gasteiger partial charge on any atom is -0.310 e. The van der Waals surface area contributed by atoms with E-state index in [9.17, 15) is 4.39 Å². The lowest BCUT2D eigenvalue weighted by atomic mass is 9.99. The Morgan fingerprint density at radius 2 is 2.35 bits per heavy atom. The summed E-state index contributed by atoms with van der Waals surface area (Å²) in [6, 6.07) is 3.92. The predicted molar refractivity (Wildman–Crippen MR) is 73.2 cm³/mol. The average Bonchev–Trinajstić information content (AvgIpc) is 2.54. The van der Waals surface area contributed by atoms with E-state index in [0.717, 1.165) is 42.0 Å². The maximum absolute atomic E-state index is 14.0. The molecule has 1 atom stereocenters. The Morgan fingerprint density at radius 3 is 3.12 bits per heavy atom. The van der Waals surface area contributed by atoms with Crippen LogP contribution in [0.25, 0.3) is 0 Å². The maximum atomic E-state index is 14.0. The van der Waals surface area contributed by atoms with Crippen LogP contribution in [-0.2, 0) is 5.75 Å². The molecule has 1 N–H and O–H groups in total. The van der Waals surface area contributed by atoms with Gasteiger partial charge in [-0.3, -0.25) is 0 Å². The van der Waals surface area contributed by atoms with Gasteiger partial charge in [0.05, 0.1) is 5.02 Å². The average molecular weight is 274 g/mol. The number of nitrogens with one attached hydrogen (secondary N) is 1. The first-order valence-corrected chi connectivity index (χ1v) is 7.55. The highest BCUT2D eigenvalue weighted by molar-refractivity contribution is 7.98. The van der Waals surface area contributed by atoms with Gasteiger partial charge in [0.15, 0.2) is 0 Å². The Hall–Kier alpha value is -0.250. The van der Waals surface area contributed by atoms with Crippen molar-refractivity contribution in [3.05, 3.63) is 34.1 Å². The molecule has 1 aliphatic rings. The Labute approximate surface area is 111 Å². The molecule has 0 bridgehead atoms. The van der Waals surface area contributed by atoms with Gasteiger partial charge >= 0.3 is 0 Å². The number of hydrogen-bond donors (Lipinski definition) is 1. The summed E-state index contributed by atoms with van der Waals surface area (Å²) in [7, 11) is 0. The number of benzene rings is 1. The van der Waals surface area contributed by atoms with Gasteiger partial charge in [-0.15, -0.1) is 0 Å². The number of rotatable bonds is 3. The molecule has 0 aromatic heterocycles. The minimum absolute atomic E-state index is 0.234. The molecule has 0 radical (unpaired) electrons. The lowest BCUT2D eigenvalue weighted by Crippen LogP contribution is -2.23. The summed E-state index contributed by atoms with van der Waals surface area (Å²) in [6.07, 6.45) is 2.15. The van der Waals surface area contributed by atoms with E-state index < -0.39 is 0 Å². The Balaban J connectivity index is 2.32. The highest BCUT2D eigenvalue weighted by Crippen LogP contribution is 2.34. The first-order valence-electron chi connectivity index (χ1n) is 6.02. The normalized spacial score (nSPS) is 19.8. The van der Waals surface area contributed by atoms with Gasteiger partial charge in [0.2, 0.25) is 0 Å². The van der Waals surface area contributed by atoms with Crippen LogP contribution in [0, 0.1) is 5.82 Å². The zero-order valence-electron chi connectivity index (χ0n) is 9.93. The third-order valence-electron chi connectivity index (χ3n) is 3.05. The molecule has 0 amide bonds. The van der Waals surface area contributed by atoms with Crippen molar-refractivity contribution in [3.8, 4) is 0 Å². The standard InChI is InChI=1S/C13H17ClFNS/c1-2-6-16-12-5-7-17-8-10-9(12)3-4-11(14)13(10)15/h3-4,12,16H,2,5-8H2,1H3. The molecule has 1 heterocycles. The van der Waals surface area contributed by atoms with E-state index in [1.165, 1.54) is 0 Å². The van der Waals surface area contributed by atoms with Gasteiger partial charge in [-0.2, -0.15) is 11.8 Å². The Kier molecular flexibility index (Phi) is 4.71. The predicted octanol–water partition coefficient (Wildman–Crippen LogP) is 4.16. The molecule has 94 valence electrons. The Bertz CT molecular complexity index is 397. The van der Waals surface area contributed by atoms with Gasteiger partial charge in [-0.25, -0.2) is 4.39 Å². The molecule has 0 saturated heterocycles. The van der Waals surface area contributed by atoms with Crippen LogP contribution in [0.15, 0.2) is 12.1 Å². The van der Waals surface area contributed by atoms with Crippen LogP contribution in [0.4, 0.5) is 4.39 Å². The summed E-state index contributed by atoms with van der Waals surface area (Å²) < 4.78 is 14.0. The second-order valence-corrected chi connectivity index (χ2v) is 5.79. The van der Waals surface area contributed by atoms with Crippen molar-refractivity contribution in [3.63, 3.8) is 0 Å². The summed E-state index contributed by atoms with van der Waals surface area (Å²) in [5.41, 5.74) is 1.87. The number of halogens is 2. The van der Waals surface area contributed by atoms with Crippen molar-refractivity contribution in [1.29, 1.82) is 0 Å². The molecule has 0 spiro atoms. The maximum Gasteiger partial charge on any atom is 0.146 e. The largest absolute Gasteiger partial charge is 0.310 e. The second-order valence-electron chi connectivity index (χ2n) is 4.28. The van der Waals surface area contributed by atoms with Crippen molar-refractivity contribution in [2.45, 2.75) is 31.6 Å². The van der Waals surface area contributed by atoms with Crippen LogP contribution in [0.2, 0.25) is 5.02 Å². The molecule has 2 rings (SSSR count). The van der Waals surface area contributed by atoms with Gasteiger partial charge < -0.3 is 5.32 Å². The first-order chi connectivity index (χ1) is 8.24. The fourth-order valence-electron chi connectivity index (χ4n) is 2.14. The third kappa shape index (κ3) is 2.95. The first kappa shape index (κ1) is 13.2. The zero-order chi connectivity index (χ0) is 12.3. The molecule has 0 saturated carbocycles. The van der Waals surface area contributed by atoms with Crippen LogP contribution in [0.3, 0.4) is 0 Å². The molecule has 1 aromatic carbocycles. The fraction of sp³-hybridized carbons (Fsp3) is 0.538. The molecule has 1 aliphatic heterocycles. The van der Waals surface area contributed by atoms with Crippen molar-refractivity contribution in [2.75, 3.05) is 12.3 Å². The van der Waals surface area contributed by atoms with E-state index in [0.29, 0.717) is 0 Å². The molecule has 0 aliphatic carbocycles. The molecule has 1 aromatic rings. The molecular formula is C13H17ClFNS. The van der Waals surface area contributed by atoms with Crippen LogP contribution < -0.4 is 5.32 Å². The van der Waals surface area contributed by atoms with Gasteiger partial charge in [-0.1, -0.05) is 24.6 Å². The molecule has 0 fully saturated rings. The number of hydrogen-bond acceptors (Lipinski definition) is 2. The molecule has 1 unspecified atom stereocenters. The summed E-state index contributed by atoms with van der Waals surface area (Å²) in [5.74, 6) is 1.56. The van der Waals surface area contributed by atoms with E-state index >= 15 is 0 Å². The van der Waals surface area contributed by atoms with E-state index in [4.69, 9.17) is 11.6 Å². The summed E-state index contributed by atoms with van der Waals surface area (Å²) in [4.78, 5) is 0. The van der Waals surface area contributed by atoms with Crippen molar-refractivity contribution in [2.24, 2.45) is 0 Å². The van der Waals surface area contributed by atoms with Crippen molar-refractivity contribution in [1.82, 2.24) is 5.32 Å². The van der Waals surface area contributed by atoms with Gasteiger partial charge in [0.1, 0.15) is 5.82 Å².